The second-order valence-corrected chi connectivity index (χ2v) is 4.69. The molecular weight excluding hydrogens is 212 g/mol. The Morgan fingerprint density at radius 1 is 1.24 bits per heavy atom. The van der Waals surface area contributed by atoms with Gasteiger partial charge in [0.05, 0.1) is 6.54 Å². The highest BCUT2D eigenvalue weighted by Gasteiger charge is 2.12. The minimum Gasteiger partial charge on any atom is -0.299 e. The molecule has 1 unspecified atom stereocenters. The summed E-state index contributed by atoms with van der Waals surface area (Å²) in [6.45, 7) is 10.0. The maximum Gasteiger partial charge on any atom is 0.137 e. The molecule has 1 aromatic rings. The zero-order chi connectivity index (χ0) is 12.5. The van der Waals surface area contributed by atoms with Gasteiger partial charge in [-0.2, -0.15) is 5.10 Å². The van der Waals surface area contributed by atoms with Gasteiger partial charge in [0.15, 0.2) is 0 Å². The summed E-state index contributed by atoms with van der Waals surface area (Å²) in [5, 5.41) is 4.15. The standard InChI is InChI=1S/C13H26N4/c1-4-6-7-13(3)16(8-5-2)9-10-17-12-14-11-15-17/h11-13H,4-10H2,1-3H3. The van der Waals surface area contributed by atoms with Crippen LogP contribution in [0.25, 0.3) is 0 Å². The van der Waals surface area contributed by atoms with Gasteiger partial charge in [0.1, 0.15) is 12.7 Å². The van der Waals surface area contributed by atoms with Gasteiger partial charge in [-0.25, -0.2) is 4.98 Å². The molecule has 0 amide bonds. The SMILES string of the molecule is CCCCC(C)N(CCC)CCn1cncn1. The van der Waals surface area contributed by atoms with Crippen LogP contribution < -0.4 is 0 Å². The maximum absolute atomic E-state index is 4.15. The summed E-state index contributed by atoms with van der Waals surface area (Å²) in [7, 11) is 0. The smallest absolute Gasteiger partial charge is 0.137 e. The molecule has 0 saturated carbocycles. The lowest BCUT2D eigenvalue weighted by atomic mass is 10.1. The molecule has 0 fully saturated rings. The van der Waals surface area contributed by atoms with Gasteiger partial charge < -0.3 is 0 Å². The number of rotatable bonds is 9. The van der Waals surface area contributed by atoms with Gasteiger partial charge in [0.25, 0.3) is 0 Å². The van der Waals surface area contributed by atoms with E-state index in [1.807, 2.05) is 4.68 Å². The van der Waals surface area contributed by atoms with Crippen molar-refractivity contribution < 1.29 is 0 Å². The van der Waals surface area contributed by atoms with Gasteiger partial charge in [-0.3, -0.25) is 9.58 Å². The molecule has 0 N–H and O–H groups in total. The zero-order valence-electron chi connectivity index (χ0n) is 11.5. The molecule has 4 nitrogen and oxygen atoms in total. The van der Waals surface area contributed by atoms with Crippen molar-refractivity contribution in [3.8, 4) is 0 Å². The van der Waals surface area contributed by atoms with Gasteiger partial charge in [-0.1, -0.05) is 26.7 Å². The summed E-state index contributed by atoms with van der Waals surface area (Å²) in [4.78, 5) is 6.54. The predicted molar refractivity (Wildman–Crippen MR) is 70.9 cm³/mol. The molecule has 1 atom stereocenters. The molecule has 1 rings (SSSR count). The normalized spacial score (nSPS) is 13.2. The molecule has 98 valence electrons. The Hall–Kier alpha value is -0.900. The number of nitrogens with zero attached hydrogens (tertiary/aromatic N) is 4. The summed E-state index contributed by atoms with van der Waals surface area (Å²) in [6.07, 6.45) is 8.52. The second-order valence-electron chi connectivity index (χ2n) is 4.69. The first kappa shape index (κ1) is 14.2. The Morgan fingerprint density at radius 3 is 2.65 bits per heavy atom. The number of aromatic nitrogens is 3. The van der Waals surface area contributed by atoms with Crippen LogP contribution >= 0.6 is 0 Å². The monoisotopic (exact) mass is 238 g/mol. The Labute approximate surface area is 105 Å². The summed E-state index contributed by atoms with van der Waals surface area (Å²) >= 11 is 0. The molecule has 0 bridgehead atoms. The molecule has 1 heterocycles. The van der Waals surface area contributed by atoms with E-state index in [1.165, 1.54) is 32.2 Å². The molecule has 1 aromatic heterocycles. The van der Waals surface area contributed by atoms with E-state index >= 15 is 0 Å². The van der Waals surface area contributed by atoms with Crippen molar-refractivity contribution in [2.45, 2.75) is 59.0 Å². The van der Waals surface area contributed by atoms with Crippen LogP contribution in [0.5, 0.6) is 0 Å². The lowest BCUT2D eigenvalue weighted by Crippen LogP contribution is -2.36. The second kappa shape index (κ2) is 8.23. The lowest BCUT2D eigenvalue weighted by Gasteiger charge is -2.28. The highest BCUT2D eigenvalue weighted by atomic mass is 15.3. The molecule has 0 spiro atoms. The van der Waals surface area contributed by atoms with Crippen LogP contribution in [0.1, 0.15) is 46.5 Å². The first-order valence-electron chi connectivity index (χ1n) is 6.84. The Bertz CT molecular complexity index is 271. The van der Waals surface area contributed by atoms with Crippen LogP contribution in [0.3, 0.4) is 0 Å². The minimum atomic E-state index is 0.679. The molecule has 4 heteroatoms. The third-order valence-corrected chi connectivity index (χ3v) is 3.19. The fourth-order valence-corrected chi connectivity index (χ4v) is 2.10. The number of hydrogen-bond acceptors (Lipinski definition) is 3. The quantitative estimate of drug-likeness (QED) is 0.663. The first-order chi connectivity index (χ1) is 8.27. The van der Waals surface area contributed by atoms with E-state index < -0.39 is 0 Å². The predicted octanol–water partition coefficient (Wildman–Crippen LogP) is 2.57. The zero-order valence-corrected chi connectivity index (χ0v) is 11.5. The van der Waals surface area contributed by atoms with Crippen molar-refractivity contribution in [2.24, 2.45) is 0 Å². The van der Waals surface area contributed by atoms with E-state index in [4.69, 9.17) is 0 Å². The van der Waals surface area contributed by atoms with Gasteiger partial charge in [0.2, 0.25) is 0 Å². The van der Waals surface area contributed by atoms with Gasteiger partial charge in [0, 0.05) is 12.6 Å². The molecule has 0 aliphatic rings. The largest absolute Gasteiger partial charge is 0.299 e. The fraction of sp³-hybridized carbons (Fsp3) is 0.846. The van der Waals surface area contributed by atoms with E-state index in [2.05, 4.69) is 35.8 Å². The maximum atomic E-state index is 4.15. The fourth-order valence-electron chi connectivity index (χ4n) is 2.10. The average Bonchev–Trinajstić information content (AvgIpc) is 2.84. The van der Waals surface area contributed by atoms with Crippen LogP contribution in [-0.2, 0) is 6.54 Å². The molecule has 0 aliphatic heterocycles. The van der Waals surface area contributed by atoms with Crippen LogP contribution in [0, 0.1) is 0 Å². The van der Waals surface area contributed by atoms with Crippen LogP contribution in [-0.4, -0.2) is 38.8 Å². The molecule has 0 saturated heterocycles. The van der Waals surface area contributed by atoms with Crippen LogP contribution in [0.4, 0.5) is 0 Å². The highest BCUT2D eigenvalue weighted by Crippen LogP contribution is 2.09. The van der Waals surface area contributed by atoms with Crippen molar-refractivity contribution in [3.63, 3.8) is 0 Å². The Morgan fingerprint density at radius 2 is 2.06 bits per heavy atom. The minimum absolute atomic E-state index is 0.679. The van der Waals surface area contributed by atoms with Gasteiger partial charge in [-0.05, 0) is 26.3 Å². The summed E-state index contributed by atoms with van der Waals surface area (Å²) < 4.78 is 1.91. The van der Waals surface area contributed by atoms with Crippen molar-refractivity contribution in [1.29, 1.82) is 0 Å². The highest BCUT2D eigenvalue weighted by molar-refractivity contribution is 4.68. The topological polar surface area (TPSA) is 34.0 Å². The Balaban J connectivity index is 2.36. The van der Waals surface area contributed by atoms with Gasteiger partial charge >= 0.3 is 0 Å². The third-order valence-electron chi connectivity index (χ3n) is 3.19. The van der Waals surface area contributed by atoms with Crippen molar-refractivity contribution in [2.75, 3.05) is 13.1 Å². The van der Waals surface area contributed by atoms with Crippen molar-refractivity contribution >= 4 is 0 Å². The number of hydrogen-bond donors (Lipinski definition) is 0. The Kier molecular flexibility index (Phi) is 6.86. The molecule has 0 aromatic carbocycles. The van der Waals surface area contributed by atoms with E-state index in [-0.39, 0.29) is 0 Å². The van der Waals surface area contributed by atoms with E-state index in [0.717, 1.165) is 13.1 Å². The van der Waals surface area contributed by atoms with E-state index in [1.54, 1.807) is 12.7 Å². The molecule has 0 aliphatic carbocycles. The summed E-state index contributed by atoms with van der Waals surface area (Å²) in [6, 6.07) is 0.679. The van der Waals surface area contributed by atoms with E-state index in [9.17, 15) is 0 Å². The van der Waals surface area contributed by atoms with Crippen molar-refractivity contribution in [1.82, 2.24) is 19.7 Å². The molecule has 0 radical (unpaired) electrons. The van der Waals surface area contributed by atoms with Crippen LogP contribution in [0.2, 0.25) is 0 Å². The van der Waals surface area contributed by atoms with Gasteiger partial charge in [-0.15, -0.1) is 0 Å². The van der Waals surface area contributed by atoms with Crippen LogP contribution in [0.15, 0.2) is 12.7 Å². The first-order valence-corrected chi connectivity index (χ1v) is 6.84. The summed E-state index contributed by atoms with van der Waals surface area (Å²) in [5.74, 6) is 0. The third kappa shape index (κ3) is 5.31. The molecule has 17 heavy (non-hydrogen) atoms. The molecular formula is C13H26N4. The van der Waals surface area contributed by atoms with E-state index in [0.29, 0.717) is 6.04 Å². The number of unbranched alkanes of at least 4 members (excludes halogenated alkanes) is 1. The van der Waals surface area contributed by atoms with Crippen molar-refractivity contribution in [3.05, 3.63) is 12.7 Å². The summed E-state index contributed by atoms with van der Waals surface area (Å²) in [5.41, 5.74) is 0. The average molecular weight is 238 g/mol. The lowest BCUT2D eigenvalue weighted by molar-refractivity contribution is 0.187.